The summed E-state index contributed by atoms with van der Waals surface area (Å²) in [6.45, 7) is 5.37. The van der Waals surface area contributed by atoms with Crippen molar-refractivity contribution in [3.8, 4) is 11.1 Å². The second kappa shape index (κ2) is 8.92. The molecule has 3 aromatic rings. The first-order valence-electron chi connectivity index (χ1n) is 11.0. The van der Waals surface area contributed by atoms with Gasteiger partial charge in [0.1, 0.15) is 5.82 Å². The van der Waals surface area contributed by atoms with E-state index in [-0.39, 0.29) is 23.6 Å². The zero-order valence-electron chi connectivity index (χ0n) is 18.5. The molecule has 0 N–H and O–H groups in total. The first-order valence-corrected chi connectivity index (χ1v) is 11.0. The molecule has 1 unspecified atom stereocenters. The fourth-order valence-corrected chi connectivity index (χ4v) is 4.41. The molecular weight excluding hydrogens is 388 g/mol. The van der Waals surface area contributed by atoms with Gasteiger partial charge in [-0.25, -0.2) is 9.48 Å². The number of aryl methyl sites for hydroxylation is 1. The Morgan fingerprint density at radius 2 is 1.74 bits per heavy atom. The van der Waals surface area contributed by atoms with E-state index in [9.17, 15) is 9.59 Å². The smallest absolute Gasteiger partial charge is 0.342 e. The number of carbonyl (C=O) groups is 1. The predicted molar refractivity (Wildman–Crippen MR) is 122 cm³/mol. The van der Waals surface area contributed by atoms with Crippen LogP contribution in [0.2, 0.25) is 0 Å². The molecule has 1 fully saturated rings. The molecular formula is C25H30N4O2. The monoisotopic (exact) mass is 418 g/mol. The maximum Gasteiger partial charge on any atom is 0.345 e. The lowest BCUT2D eigenvalue weighted by Gasteiger charge is -2.32. The van der Waals surface area contributed by atoms with Gasteiger partial charge < -0.3 is 4.90 Å². The van der Waals surface area contributed by atoms with Crippen LogP contribution in [0.3, 0.4) is 0 Å². The molecule has 6 nitrogen and oxygen atoms in total. The van der Waals surface area contributed by atoms with Crippen LogP contribution in [0.4, 0.5) is 0 Å². The predicted octanol–water partition coefficient (Wildman–Crippen LogP) is 3.78. The van der Waals surface area contributed by atoms with Crippen molar-refractivity contribution < 1.29 is 4.79 Å². The van der Waals surface area contributed by atoms with Crippen molar-refractivity contribution in [2.24, 2.45) is 7.05 Å². The molecule has 1 amide bonds. The molecule has 1 aliphatic rings. The lowest BCUT2D eigenvalue weighted by molar-refractivity contribution is -0.131. The normalized spacial score (nSPS) is 16.6. The van der Waals surface area contributed by atoms with E-state index in [1.807, 2.05) is 49.1 Å². The van der Waals surface area contributed by atoms with Gasteiger partial charge in [-0.05, 0) is 43.4 Å². The molecule has 2 heterocycles. The maximum absolute atomic E-state index is 13.0. The van der Waals surface area contributed by atoms with Crippen LogP contribution < -0.4 is 5.69 Å². The van der Waals surface area contributed by atoms with Crippen LogP contribution in [0.25, 0.3) is 11.1 Å². The van der Waals surface area contributed by atoms with E-state index in [1.165, 1.54) is 10.2 Å². The van der Waals surface area contributed by atoms with E-state index in [4.69, 9.17) is 0 Å². The number of rotatable bonds is 5. The van der Waals surface area contributed by atoms with E-state index in [2.05, 4.69) is 29.4 Å². The highest BCUT2D eigenvalue weighted by molar-refractivity contribution is 5.79. The first kappa shape index (κ1) is 21.1. The SMILES string of the molecule is CC(C)n1c(C2CCCN(C(=O)Cc3ccc(-c4ccccc4)cc3)C2)nn(C)c1=O. The molecule has 6 heteroatoms. The summed E-state index contributed by atoms with van der Waals surface area (Å²) in [5, 5.41) is 4.50. The minimum atomic E-state index is -0.0908. The van der Waals surface area contributed by atoms with Gasteiger partial charge in [-0.2, -0.15) is 5.10 Å². The van der Waals surface area contributed by atoms with Gasteiger partial charge >= 0.3 is 5.69 Å². The summed E-state index contributed by atoms with van der Waals surface area (Å²) in [6, 6.07) is 18.5. The van der Waals surface area contributed by atoms with Crippen LogP contribution in [0.5, 0.6) is 0 Å². The molecule has 1 aliphatic heterocycles. The van der Waals surface area contributed by atoms with Gasteiger partial charge in [0.05, 0.1) is 6.42 Å². The van der Waals surface area contributed by atoms with Crippen molar-refractivity contribution in [3.05, 3.63) is 76.5 Å². The van der Waals surface area contributed by atoms with Crippen molar-refractivity contribution in [2.45, 2.75) is 45.1 Å². The zero-order valence-corrected chi connectivity index (χ0v) is 18.5. The Hall–Kier alpha value is -3.15. The number of hydrogen-bond donors (Lipinski definition) is 0. The van der Waals surface area contributed by atoms with Crippen molar-refractivity contribution in [1.82, 2.24) is 19.2 Å². The van der Waals surface area contributed by atoms with E-state index >= 15 is 0 Å². The summed E-state index contributed by atoms with van der Waals surface area (Å²) in [5.41, 5.74) is 3.25. The average molecular weight is 419 g/mol. The third kappa shape index (κ3) is 4.48. The van der Waals surface area contributed by atoms with E-state index in [1.54, 1.807) is 11.6 Å². The summed E-state index contributed by atoms with van der Waals surface area (Å²) in [4.78, 5) is 27.4. The number of carbonyl (C=O) groups excluding carboxylic acids is 1. The van der Waals surface area contributed by atoms with Crippen LogP contribution in [0, 0.1) is 0 Å². The van der Waals surface area contributed by atoms with Gasteiger partial charge in [0.2, 0.25) is 5.91 Å². The molecule has 0 saturated carbocycles. The summed E-state index contributed by atoms with van der Waals surface area (Å²) >= 11 is 0. The standard InChI is InChI=1S/C25H30N4O2/c1-18(2)29-24(26-27(3)25(29)31)22-10-7-15-28(17-22)23(30)16-19-11-13-21(14-12-19)20-8-5-4-6-9-20/h4-6,8-9,11-14,18,22H,7,10,15-17H2,1-3H3. The van der Waals surface area contributed by atoms with Gasteiger partial charge in [0.15, 0.2) is 0 Å². The fraction of sp³-hybridized carbons (Fsp3) is 0.400. The van der Waals surface area contributed by atoms with Gasteiger partial charge in [0, 0.05) is 32.1 Å². The molecule has 0 aliphatic carbocycles. The molecule has 31 heavy (non-hydrogen) atoms. The summed E-state index contributed by atoms with van der Waals surface area (Å²) in [7, 11) is 1.69. The highest BCUT2D eigenvalue weighted by Gasteiger charge is 2.29. The summed E-state index contributed by atoms with van der Waals surface area (Å²) < 4.78 is 3.17. The van der Waals surface area contributed by atoms with E-state index in [0.717, 1.165) is 36.3 Å². The second-order valence-corrected chi connectivity index (χ2v) is 8.65. The number of piperidine rings is 1. The van der Waals surface area contributed by atoms with Crippen LogP contribution in [0.1, 0.15) is 50.0 Å². The molecule has 1 saturated heterocycles. The van der Waals surface area contributed by atoms with Gasteiger partial charge in [-0.1, -0.05) is 54.6 Å². The summed E-state index contributed by atoms with van der Waals surface area (Å²) in [5.74, 6) is 1.02. The Kier molecular flexibility index (Phi) is 6.07. The topological polar surface area (TPSA) is 60.1 Å². The Balaban J connectivity index is 1.45. The number of likely N-dealkylation sites (tertiary alicyclic amines) is 1. The lowest BCUT2D eigenvalue weighted by Crippen LogP contribution is -2.41. The zero-order chi connectivity index (χ0) is 22.0. The van der Waals surface area contributed by atoms with Crippen LogP contribution in [-0.2, 0) is 18.3 Å². The quantitative estimate of drug-likeness (QED) is 0.634. The van der Waals surface area contributed by atoms with Crippen molar-refractivity contribution in [2.75, 3.05) is 13.1 Å². The Morgan fingerprint density at radius 1 is 1.06 bits per heavy atom. The second-order valence-electron chi connectivity index (χ2n) is 8.65. The molecule has 162 valence electrons. The highest BCUT2D eigenvalue weighted by Crippen LogP contribution is 2.27. The maximum atomic E-state index is 13.0. The van der Waals surface area contributed by atoms with Crippen molar-refractivity contribution >= 4 is 5.91 Å². The Bertz CT molecular complexity index is 1100. The first-order chi connectivity index (χ1) is 14.9. The van der Waals surface area contributed by atoms with Gasteiger partial charge in [-0.3, -0.25) is 9.36 Å². The van der Waals surface area contributed by atoms with Crippen molar-refractivity contribution in [3.63, 3.8) is 0 Å². The van der Waals surface area contributed by atoms with Crippen LogP contribution in [0.15, 0.2) is 59.4 Å². The largest absolute Gasteiger partial charge is 0.345 e. The number of benzene rings is 2. The highest BCUT2D eigenvalue weighted by atomic mass is 16.2. The molecule has 0 radical (unpaired) electrons. The third-order valence-electron chi connectivity index (χ3n) is 6.05. The van der Waals surface area contributed by atoms with Crippen LogP contribution >= 0.6 is 0 Å². The Labute approximate surface area is 183 Å². The molecule has 0 bridgehead atoms. The average Bonchev–Trinajstić information content (AvgIpc) is 3.09. The molecule has 4 rings (SSSR count). The molecule has 1 atom stereocenters. The van der Waals surface area contributed by atoms with Gasteiger partial charge in [0.25, 0.3) is 0 Å². The van der Waals surface area contributed by atoms with E-state index in [0.29, 0.717) is 13.0 Å². The Morgan fingerprint density at radius 3 is 2.42 bits per heavy atom. The third-order valence-corrected chi connectivity index (χ3v) is 6.05. The summed E-state index contributed by atoms with van der Waals surface area (Å²) in [6.07, 6.45) is 2.26. The van der Waals surface area contributed by atoms with Gasteiger partial charge in [-0.15, -0.1) is 0 Å². The van der Waals surface area contributed by atoms with Crippen molar-refractivity contribution in [1.29, 1.82) is 0 Å². The minimum Gasteiger partial charge on any atom is -0.342 e. The molecule has 1 aromatic heterocycles. The number of nitrogens with zero attached hydrogens (tertiary/aromatic N) is 4. The minimum absolute atomic E-state index is 0.0467. The fourth-order valence-electron chi connectivity index (χ4n) is 4.41. The van der Waals surface area contributed by atoms with E-state index < -0.39 is 0 Å². The lowest BCUT2D eigenvalue weighted by atomic mass is 9.96. The number of hydrogen-bond acceptors (Lipinski definition) is 3. The molecule has 2 aromatic carbocycles. The number of aromatic nitrogens is 3. The molecule has 0 spiro atoms. The number of amides is 1. The van der Waals surface area contributed by atoms with Crippen LogP contribution in [-0.4, -0.2) is 38.2 Å².